The average molecular weight is 340 g/mol. The average Bonchev–Trinajstić information content (AvgIpc) is 3.09. The molecule has 0 aliphatic carbocycles. The van der Waals surface area contributed by atoms with Gasteiger partial charge in [0.05, 0.1) is 12.1 Å². The van der Waals surface area contributed by atoms with Gasteiger partial charge in [-0.3, -0.25) is 9.59 Å². The van der Waals surface area contributed by atoms with E-state index in [1.54, 1.807) is 4.90 Å². The third-order valence-electron chi connectivity index (χ3n) is 4.25. The van der Waals surface area contributed by atoms with E-state index < -0.39 is 18.2 Å². The standard InChI is InChI=1S/C16H21N3O3.ClH/c20-12-8-14(17-9-12)15(21)18-13-6-7-19(16(13)22)10-11-4-2-1-3-5-11;/h1-5,12-14,17,20H,6-10H2,(H,18,21);1H. The number of nitrogens with one attached hydrogen (secondary N) is 2. The van der Waals surface area contributed by atoms with Gasteiger partial charge in [0.1, 0.15) is 6.04 Å². The summed E-state index contributed by atoms with van der Waals surface area (Å²) in [4.78, 5) is 26.2. The lowest BCUT2D eigenvalue weighted by Crippen LogP contribution is -2.48. The molecule has 6 nitrogen and oxygen atoms in total. The monoisotopic (exact) mass is 339 g/mol. The number of rotatable bonds is 4. The van der Waals surface area contributed by atoms with Crippen LogP contribution in [-0.2, 0) is 16.1 Å². The summed E-state index contributed by atoms with van der Waals surface area (Å²) in [6.07, 6.45) is 0.553. The molecule has 2 amide bonds. The summed E-state index contributed by atoms with van der Waals surface area (Å²) in [5.74, 6) is -0.229. The molecule has 3 rings (SSSR count). The van der Waals surface area contributed by atoms with Gasteiger partial charge in [0.15, 0.2) is 0 Å². The van der Waals surface area contributed by atoms with Crippen molar-refractivity contribution in [2.24, 2.45) is 0 Å². The largest absolute Gasteiger partial charge is 0.392 e. The number of halogens is 1. The Hall–Kier alpha value is -1.63. The Balaban J connectivity index is 0.00000192. The highest BCUT2D eigenvalue weighted by atomic mass is 35.5. The van der Waals surface area contributed by atoms with E-state index in [9.17, 15) is 14.7 Å². The number of nitrogens with zero attached hydrogens (tertiary/aromatic N) is 1. The molecule has 3 atom stereocenters. The molecule has 2 aliphatic rings. The third-order valence-corrected chi connectivity index (χ3v) is 4.25. The molecule has 0 aromatic heterocycles. The summed E-state index contributed by atoms with van der Waals surface area (Å²) in [5.41, 5.74) is 1.09. The summed E-state index contributed by atoms with van der Waals surface area (Å²) in [6, 6.07) is 8.98. The van der Waals surface area contributed by atoms with Crippen molar-refractivity contribution in [1.29, 1.82) is 0 Å². The molecule has 126 valence electrons. The van der Waals surface area contributed by atoms with Crippen molar-refractivity contribution in [3.8, 4) is 0 Å². The zero-order valence-electron chi connectivity index (χ0n) is 12.8. The molecule has 2 aliphatic heterocycles. The summed E-state index contributed by atoms with van der Waals surface area (Å²) in [5, 5.41) is 15.2. The van der Waals surface area contributed by atoms with E-state index in [1.807, 2.05) is 30.3 Å². The van der Waals surface area contributed by atoms with E-state index in [0.29, 0.717) is 32.5 Å². The van der Waals surface area contributed by atoms with Crippen molar-refractivity contribution < 1.29 is 14.7 Å². The quantitative estimate of drug-likeness (QED) is 0.724. The second-order valence-corrected chi connectivity index (χ2v) is 5.95. The van der Waals surface area contributed by atoms with E-state index in [2.05, 4.69) is 10.6 Å². The Morgan fingerprint density at radius 2 is 2.09 bits per heavy atom. The van der Waals surface area contributed by atoms with Crippen LogP contribution < -0.4 is 10.6 Å². The lowest BCUT2D eigenvalue weighted by molar-refractivity contribution is -0.133. The van der Waals surface area contributed by atoms with Crippen LogP contribution in [0.4, 0.5) is 0 Å². The van der Waals surface area contributed by atoms with E-state index in [-0.39, 0.29) is 24.2 Å². The highest BCUT2D eigenvalue weighted by Gasteiger charge is 2.35. The molecule has 7 heteroatoms. The Labute approximate surface area is 141 Å². The topological polar surface area (TPSA) is 81.7 Å². The summed E-state index contributed by atoms with van der Waals surface area (Å²) in [6.45, 7) is 1.66. The van der Waals surface area contributed by atoms with Gasteiger partial charge in [-0.05, 0) is 18.4 Å². The van der Waals surface area contributed by atoms with Crippen LogP contribution in [0.1, 0.15) is 18.4 Å². The van der Waals surface area contributed by atoms with Crippen molar-refractivity contribution in [3.63, 3.8) is 0 Å². The number of β-amino-alcohol motifs (C(OH)–C–C–N with tert-alkyl or cyclic N) is 1. The second-order valence-electron chi connectivity index (χ2n) is 5.95. The molecule has 3 N–H and O–H groups in total. The maximum absolute atomic E-state index is 12.4. The van der Waals surface area contributed by atoms with Crippen LogP contribution in [0, 0.1) is 0 Å². The second kappa shape index (κ2) is 7.77. The molecule has 0 spiro atoms. The number of hydrogen-bond acceptors (Lipinski definition) is 4. The minimum Gasteiger partial charge on any atom is -0.392 e. The van der Waals surface area contributed by atoms with Crippen molar-refractivity contribution in [1.82, 2.24) is 15.5 Å². The Bertz CT molecular complexity index is 555. The highest BCUT2D eigenvalue weighted by Crippen LogP contribution is 2.16. The molecule has 2 heterocycles. The normalized spacial score (nSPS) is 26.9. The number of aliphatic hydroxyl groups is 1. The minimum absolute atomic E-state index is 0. The lowest BCUT2D eigenvalue weighted by Gasteiger charge is -2.18. The van der Waals surface area contributed by atoms with E-state index in [4.69, 9.17) is 0 Å². The van der Waals surface area contributed by atoms with Crippen LogP contribution in [0.5, 0.6) is 0 Å². The predicted molar refractivity (Wildman–Crippen MR) is 88.1 cm³/mol. The van der Waals surface area contributed by atoms with Gasteiger partial charge in [0.2, 0.25) is 11.8 Å². The maximum atomic E-state index is 12.4. The van der Waals surface area contributed by atoms with Crippen LogP contribution in [0.2, 0.25) is 0 Å². The molecule has 2 saturated heterocycles. The maximum Gasteiger partial charge on any atom is 0.245 e. The smallest absolute Gasteiger partial charge is 0.245 e. The fourth-order valence-electron chi connectivity index (χ4n) is 3.02. The van der Waals surface area contributed by atoms with Crippen LogP contribution in [0.25, 0.3) is 0 Å². The van der Waals surface area contributed by atoms with Gasteiger partial charge in [0.25, 0.3) is 0 Å². The Morgan fingerprint density at radius 1 is 1.35 bits per heavy atom. The lowest BCUT2D eigenvalue weighted by atomic mass is 10.1. The molecule has 3 unspecified atom stereocenters. The van der Waals surface area contributed by atoms with Crippen LogP contribution in [-0.4, -0.2) is 53.1 Å². The molecule has 0 radical (unpaired) electrons. The number of benzene rings is 1. The van der Waals surface area contributed by atoms with Crippen molar-refractivity contribution in [2.75, 3.05) is 13.1 Å². The molecular weight excluding hydrogens is 318 g/mol. The fourth-order valence-corrected chi connectivity index (χ4v) is 3.02. The first-order valence-electron chi connectivity index (χ1n) is 7.68. The highest BCUT2D eigenvalue weighted by molar-refractivity contribution is 5.91. The fraction of sp³-hybridized carbons (Fsp3) is 0.500. The number of likely N-dealkylation sites (tertiary alicyclic amines) is 1. The Morgan fingerprint density at radius 3 is 2.74 bits per heavy atom. The summed E-state index contributed by atoms with van der Waals surface area (Å²) < 4.78 is 0. The van der Waals surface area contributed by atoms with Crippen molar-refractivity contribution >= 4 is 24.2 Å². The molecule has 0 bridgehead atoms. The number of carbonyl (C=O) groups excluding carboxylic acids is 2. The predicted octanol–water partition coefficient (Wildman–Crippen LogP) is 0.0483. The SMILES string of the molecule is Cl.O=C(NC1CCN(Cc2ccccc2)C1=O)C1CC(O)CN1. The zero-order valence-corrected chi connectivity index (χ0v) is 13.6. The number of amides is 2. The first-order valence-corrected chi connectivity index (χ1v) is 7.68. The molecule has 2 fully saturated rings. The number of hydrogen-bond donors (Lipinski definition) is 3. The molecule has 1 aromatic rings. The van der Waals surface area contributed by atoms with E-state index >= 15 is 0 Å². The first kappa shape index (κ1) is 17.7. The van der Waals surface area contributed by atoms with Gasteiger partial charge < -0.3 is 20.6 Å². The van der Waals surface area contributed by atoms with E-state index in [0.717, 1.165) is 5.56 Å². The third kappa shape index (κ3) is 4.22. The van der Waals surface area contributed by atoms with Crippen molar-refractivity contribution in [2.45, 2.75) is 37.6 Å². The van der Waals surface area contributed by atoms with Gasteiger partial charge >= 0.3 is 0 Å². The zero-order chi connectivity index (χ0) is 15.5. The molecule has 1 aromatic carbocycles. The van der Waals surface area contributed by atoms with Crippen LogP contribution in [0.15, 0.2) is 30.3 Å². The van der Waals surface area contributed by atoms with E-state index in [1.165, 1.54) is 0 Å². The van der Waals surface area contributed by atoms with Crippen LogP contribution in [0.3, 0.4) is 0 Å². The van der Waals surface area contributed by atoms with Gasteiger partial charge in [-0.1, -0.05) is 30.3 Å². The number of carbonyl (C=O) groups is 2. The number of aliphatic hydroxyl groups excluding tert-OH is 1. The van der Waals surface area contributed by atoms with Gasteiger partial charge in [0, 0.05) is 19.6 Å². The van der Waals surface area contributed by atoms with Gasteiger partial charge in [-0.15, -0.1) is 12.4 Å². The minimum atomic E-state index is -0.482. The molecule has 0 saturated carbocycles. The van der Waals surface area contributed by atoms with Gasteiger partial charge in [-0.25, -0.2) is 0 Å². The Kier molecular flexibility index (Phi) is 5.98. The molecule has 23 heavy (non-hydrogen) atoms. The first-order chi connectivity index (χ1) is 10.6. The summed E-state index contributed by atoms with van der Waals surface area (Å²) in [7, 11) is 0. The molecular formula is C16H22ClN3O3. The summed E-state index contributed by atoms with van der Waals surface area (Å²) >= 11 is 0. The van der Waals surface area contributed by atoms with Crippen molar-refractivity contribution in [3.05, 3.63) is 35.9 Å². The van der Waals surface area contributed by atoms with Gasteiger partial charge in [-0.2, -0.15) is 0 Å². The van der Waals surface area contributed by atoms with Crippen LogP contribution >= 0.6 is 12.4 Å².